The second-order valence-electron chi connectivity index (χ2n) is 16.0. The minimum absolute atomic E-state index is 0.0388. The van der Waals surface area contributed by atoms with E-state index in [0.717, 1.165) is 82.3 Å². The number of H-pyrrole nitrogens is 2. The van der Waals surface area contributed by atoms with E-state index in [1.165, 1.54) is 0 Å². The summed E-state index contributed by atoms with van der Waals surface area (Å²) < 4.78 is 23.0. The van der Waals surface area contributed by atoms with E-state index in [1.807, 2.05) is 35.2 Å². The summed E-state index contributed by atoms with van der Waals surface area (Å²) in [6, 6.07) is 14.5. The highest BCUT2D eigenvalue weighted by atomic mass is 19.1. The van der Waals surface area contributed by atoms with Crippen molar-refractivity contribution in [3.8, 4) is 39.5 Å². The second-order valence-corrected chi connectivity index (χ2v) is 16.0. The van der Waals surface area contributed by atoms with Crippen LogP contribution in [0.25, 0.3) is 44.7 Å². The Balaban J connectivity index is 1.07. The number of imidazole rings is 2. The summed E-state index contributed by atoms with van der Waals surface area (Å²) in [7, 11) is 0. The van der Waals surface area contributed by atoms with Crippen molar-refractivity contribution in [3.63, 3.8) is 0 Å². The Labute approximate surface area is 309 Å². The number of hydrogen-bond acceptors (Lipinski definition) is 9. The van der Waals surface area contributed by atoms with Gasteiger partial charge in [-0.1, -0.05) is 39.8 Å². The lowest BCUT2D eigenvalue weighted by Gasteiger charge is -2.31. The first-order chi connectivity index (χ1) is 25.4. The summed E-state index contributed by atoms with van der Waals surface area (Å²) in [6.45, 7) is 11.4. The second kappa shape index (κ2) is 14.3. The predicted molar refractivity (Wildman–Crippen MR) is 205 cm³/mol. The first-order valence-corrected chi connectivity index (χ1v) is 19.1. The van der Waals surface area contributed by atoms with Crippen molar-refractivity contribution in [3.05, 3.63) is 66.5 Å². The number of nitrogens with zero attached hydrogens (tertiary/aromatic N) is 5. The summed E-state index contributed by atoms with van der Waals surface area (Å²) >= 11 is 0. The molecule has 0 bridgehead atoms. The van der Waals surface area contributed by atoms with Gasteiger partial charge in [0.2, 0.25) is 6.23 Å². The molecule has 5 aromatic rings. The van der Waals surface area contributed by atoms with Crippen molar-refractivity contribution < 1.29 is 14.2 Å². The van der Waals surface area contributed by atoms with Crippen LogP contribution in [0, 0.1) is 11.8 Å². The van der Waals surface area contributed by atoms with Gasteiger partial charge in [0.05, 0.1) is 47.1 Å². The maximum atomic E-state index is 14.6. The topological polar surface area (TPSA) is 176 Å². The van der Waals surface area contributed by atoms with Gasteiger partial charge in [-0.05, 0) is 61.6 Å². The van der Waals surface area contributed by atoms with Gasteiger partial charge in [-0.25, -0.2) is 14.4 Å². The van der Waals surface area contributed by atoms with Crippen molar-refractivity contribution in [2.24, 2.45) is 29.0 Å². The van der Waals surface area contributed by atoms with Crippen molar-refractivity contribution in [2.45, 2.75) is 89.8 Å². The molecule has 3 aliphatic heterocycles. The average Bonchev–Trinajstić information content (AvgIpc) is 3.97. The Kier molecular flexibility index (Phi) is 9.67. The predicted octanol–water partition coefficient (Wildman–Crippen LogP) is 5.45. The Morgan fingerprint density at radius 2 is 1.51 bits per heavy atom. The van der Waals surface area contributed by atoms with Gasteiger partial charge in [-0.2, -0.15) is 0 Å². The van der Waals surface area contributed by atoms with E-state index in [-0.39, 0.29) is 24.2 Å². The van der Waals surface area contributed by atoms with Crippen molar-refractivity contribution in [2.75, 3.05) is 26.2 Å². The van der Waals surface area contributed by atoms with Crippen LogP contribution in [0.3, 0.4) is 0 Å². The van der Waals surface area contributed by atoms with Gasteiger partial charge < -0.3 is 41.6 Å². The normalized spacial score (nSPS) is 23.8. The number of fused-ring (bicyclic) bond motifs is 5. The summed E-state index contributed by atoms with van der Waals surface area (Å²) in [5.74, 6) is 3.05. The highest BCUT2D eigenvalue weighted by molar-refractivity contribution is 5.92. The number of halogens is 1. The number of benzene rings is 2. The van der Waals surface area contributed by atoms with Gasteiger partial charge in [0, 0.05) is 60.2 Å². The number of ether oxygens (including phenoxy) is 1. The van der Waals surface area contributed by atoms with Crippen LogP contribution in [0.2, 0.25) is 0 Å². The van der Waals surface area contributed by atoms with Gasteiger partial charge in [0.15, 0.2) is 6.23 Å². The molecule has 12 nitrogen and oxygen atoms in total. The zero-order valence-electron chi connectivity index (χ0n) is 31.0. The molecule has 13 heteroatoms. The molecule has 0 amide bonds. The fourth-order valence-corrected chi connectivity index (χ4v) is 8.25. The Morgan fingerprint density at radius 3 is 2.19 bits per heavy atom. The quantitative estimate of drug-likeness (QED) is 0.0969. The van der Waals surface area contributed by atoms with E-state index in [4.69, 9.17) is 31.9 Å². The van der Waals surface area contributed by atoms with Gasteiger partial charge in [-0.15, -0.1) is 0 Å². The lowest BCUT2D eigenvalue weighted by molar-refractivity contribution is -0.00535. The molecule has 7 atom stereocenters. The first kappa shape index (κ1) is 35.9. The van der Waals surface area contributed by atoms with Crippen LogP contribution in [0.1, 0.15) is 76.9 Å². The molecule has 0 aliphatic carbocycles. The fraction of sp³-hybridized carbons (Fsp3) is 0.500. The number of aromatic nitrogens is 5. The third-order valence-electron chi connectivity index (χ3n) is 11.7. The zero-order valence-corrected chi connectivity index (χ0v) is 31.0. The molecule has 2 saturated heterocycles. The van der Waals surface area contributed by atoms with E-state index < -0.39 is 18.6 Å². The SMILES string of the molecule is CC(C)[C@H](N)CN1CCC[C@H]1c1ncc(-c2ccc3c(c2)OC(C(N)O)n2c-3cc3cc(-c4cnc([C@@H]5C[C@@H](F)CN5C[C@@H](N)C(C)C)[nH]4)ccc32)[nH]1. The number of likely N-dealkylation sites (tertiary alicyclic amines) is 2. The molecule has 0 radical (unpaired) electrons. The Hall–Kier alpha value is -4.11. The number of nitrogens with one attached hydrogen (secondary N) is 2. The molecule has 0 spiro atoms. The number of aliphatic hydroxyl groups excluding tert-OH is 1. The maximum absolute atomic E-state index is 14.6. The van der Waals surface area contributed by atoms with Crippen molar-refractivity contribution >= 4 is 10.9 Å². The minimum Gasteiger partial charge on any atom is -0.465 e. The molecule has 0 saturated carbocycles. The third kappa shape index (κ3) is 6.79. The van der Waals surface area contributed by atoms with E-state index in [9.17, 15) is 9.50 Å². The average molecular weight is 725 g/mol. The van der Waals surface area contributed by atoms with Gasteiger partial charge in [-0.3, -0.25) is 9.80 Å². The maximum Gasteiger partial charge on any atom is 0.216 e. The van der Waals surface area contributed by atoms with E-state index in [2.05, 4.69) is 71.7 Å². The monoisotopic (exact) mass is 724 g/mol. The third-order valence-corrected chi connectivity index (χ3v) is 11.7. The summed E-state index contributed by atoms with van der Waals surface area (Å²) in [6.07, 6.45) is 3.24. The van der Waals surface area contributed by atoms with Crippen LogP contribution in [-0.2, 0) is 0 Å². The highest BCUT2D eigenvalue weighted by Gasteiger charge is 2.37. The molecule has 2 unspecified atom stereocenters. The molecule has 2 aromatic carbocycles. The smallest absolute Gasteiger partial charge is 0.216 e. The van der Waals surface area contributed by atoms with E-state index in [1.54, 1.807) is 0 Å². The summed E-state index contributed by atoms with van der Waals surface area (Å²) in [4.78, 5) is 21.1. The lowest BCUT2D eigenvalue weighted by Crippen LogP contribution is -2.41. The molecular formula is C40H53FN10O2. The van der Waals surface area contributed by atoms with Crippen LogP contribution in [-0.4, -0.2) is 90.1 Å². The number of aromatic amines is 2. The lowest BCUT2D eigenvalue weighted by atomic mass is 10.0. The Morgan fingerprint density at radius 1 is 0.868 bits per heavy atom. The van der Waals surface area contributed by atoms with Crippen LogP contribution < -0.4 is 21.9 Å². The molecule has 9 N–H and O–H groups in total. The Bertz CT molecular complexity index is 2070. The van der Waals surface area contributed by atoms with E-state index >= 15 is 0 Å². The van der Waals surface area contributed by atoms with Gasteiger partial charge >= 0.3 is 0 Å². The number of rotatable bonds is 11. The summed E-state index contributed by atoms with van der Waals surface area (Å²) in [5.41, 5.74) is 25.3. The molecule has 282 valence electrons. The van der Waals surface area contributed by atoms with Crippen molar-refractivity contribution in [1.82, 2.24) is 34.3 Å². The molecule has 6 heterocycles. The summed E-state index contributed by atoms with van der Waals surface area (Å²) in [5, 5.41) is 11.7. The molecule has 3 aliphatic rings. The van der Waals surface area contributed by atoms with Crippen molar-refractivity contribution in [1.29, 1.82) is 0 Å². The molecular weight excluding hydrogens is 672 g/mol. The number of nitrogens with two attached hydrogens (primary N) is 3. The molecule has 53 heavy (non-hydrogen) atoms. The molecule has 2 fully saturated rings. The standard InChI is InChI=1S/C40H53FN10O2/c1-21(2)28(42)19-49-11-5-6-33(49)38-45-17-31(47-38)24-7-9-27-34-13-25-12-23(8-10-32(25)51(34)40(37(44)52)53-36(27)14-24)30-16-46-39(48-30)35-15-26(41)18-50(35)20-29(43)22(3)4/h7-10,12-14,16-17,21-22,26,28-29,33,35,37,40,52H,5-6,11,15,18-20,42-44H2,1-4H3,(H,45,47)(H,46,48)/t26-,28-,29-,33+,35+,37?,40?/m1/s1. The van der Waals surface area contributed by atoms with Gasteiger partial charge in [0.25, 0.3) is 0 Å². The van der Waals surface area contributed by atoms with E-state index in [0.29, 0.717) is 37.1 Å². The highest BCUT2D eigenvalue weighted by Crippen LogP contribution is 2.45. The van der Waals surface area contributed by atoms with Crippen LogP contribution >= 0.6 is 0 Å². The van der Waals surface area contributed by atoms with Crippen LogP contribution in [0.5, 0.6) is 5.75 Å². The number of hydrogen-bond donors (Lipinski definition) is 6. The minimum atomic E-state index is -1.27. The largest absolute Gasteiger partial charge is 0.465 e. The number of aliphatic hydroxyl groups is 1. The fourth-order valence-electron chi connectivity index (χ4n) is 8.25. The molecule has 3 aromatic heterocycles. The van der Waals surface area contributed by atoms with Crippen LogP contribution in [0.4, 0.5) is 4.39 Å². The van der Waals surface area contributed by atoms with Crippen LogP contribution in [0.15, 0.2) is 54.9 Å². The first-order valence-electron chi connectivity index (χ1n) is 19.1. The van der Waals surface area contributed by atoms with Gasteiger partial charge in [0.1, 0.15) is 23.6 Å². The molecule has 8 rings (SSSR count). The number of alkyl halides is 1. The zero-order chi connectivity index (χ0) is 37.1.